The molecular weight excluding hydrogens is 414 g/mol. The number of nitrogens with one attached hydrogen (secondary N) is 1. The van der Waals surface area contributed by atoms with Crippen LogP contribution in [0.2, 0.25) is 5.02 Å². The first kappa shape index (κ1) is 22.8. The highest BCUT2D eigenvalue weighted by Gasteiger charge is 2.13. The van der Waals surface area contributed by atoms with Gasteiger partial charge in [-0.25, -0.2) is 0 Å². The maximum absolute atomic E-state index is 13.0. The Hall–Kier alpha value is -2.90. The Labute approximate surface area is 186 Å². The highest BCUT2D eigenvalue weighted by atomic mass is 35.5. The minimum absolute atomic E-state index is 0.0227. The third-order valence-corrected chi connectivity index (χ3v) is 5.64. The first-order valence-corrected chi connectivity index (χ1v) is 10.6. The molecule has 0 saturated carbocycles. The van der Waals surface area contributed by atoms with Gasteiger partial charge in [0, 0.05) is 55.6 Å². The van der Waals surface area contributed by atoms with Crippen molar-refractivity contribution in [2.24, 2.45) is 12.8 Å². The molecule has 0 aliphatic carbocycles. The number of nitrogens with zero attached hydrogens (tertiary/aromatic N) is 3. The fourth-order valence-corrected chi connectivity index (χ4v) is 3.81. The van der Waals surface area contributed by atoms with Gasteiger partial charge >= 0.3 is 0 Å². The number of benzene rings is 1. The number of nitrogens with two attached hydrogens (primary N) is 1. The van der Waals surface area contributed by atoms with Crippen LogP contribution in [-0.2, 0) is 44.3 Å². The SMILES string of the molecule is Cc1cc(CCn2ccc(C)c(CC(=O)NCc3cc(Cl)ccc3CN)c2=O)n(C)n1. The maximum atomic E-state index is 13.0. The van der Waals surface area contributed by atoms with Crippen LogP contribution >= 0.6 is 11.6 Å². The Morgan fingerprint density at radius 1 is 1.19 bits per heavy atom. The molecule has 2 heterocycles. The van der Waals surface area contributed by atoms with E-state index in [2.05, 4.69) is 10.4 Å². The van der Waals surface area contributed by atoms with E-state index >= 15 is 0 Å². The molecule has 0 unspecified atom stereocenters. The molecule has 164 valence electrons. The fraction of sp³-hybridized carbons (Fsp3) is 0.348. The molecule has 0 aliphatic rings. The number of halogens is 1. The van der Waals surface area contributed by atoms with Gasteiger partial charge in [0.05, 0.1) is 12.1 Å². The van der Waals surface area contributed by atoms with E-state index in [1.807, 2.05) is 43.8 Å². The zero-order valence-electron chi connectivity index (χ0n) is 18.1. The molecule has 0 fully saturated rings. The first-order chi connectivity index (χ1) is 14.8. The molecule has 3 rings (SSSR count). The number of amides is 1. The average Bonchev–Trinajstić information content (AvgIpc) is 3.06. The Morgan fingerprint density at radius 3 is 2.65 bits per heavy atom. The topological polar surface area (TPSA) is 94.9 Å². The van der Waals surface area contributed by atoms with Crippen molar-refractivity contribution < 1.29 is 4.79 Å². The van der Waals surface area contributed by atoms with Crippen molar-refractivity contribution in [1.29, 1.82) is 0 Å². The van der Waals surface area contributed by atoms with Crippen LogP contribution in [0.25, 0.3) is 0 Å². The van der Waals surface area contributed by atoms with Gasteiger partial charge in [-0.2, -0.15) is 5.10 Å². The van der Waals surface area contributed by atoms with Gasteiger partial charge in [-0.15, -0.1) is 0 Å². The van der Waals surface area contributed by atoms with Gasteiger partial charge in [-0.3, -0.25) is 14.3 Å². The summed E-state index contributed by atoms with van der Waals surface area (Å²) in [6.45, 7) is 4.99. The Morgan fingerprint density at radius 2 is 1.97 bits per heavy atom. The van der Waals surface area contributed by atoms with Gasteiger partial charge in [0.15, 0.2) is 0 Å². The molecule has 7 nitrogen and oxygen atoms in total. The highest BCUT2D eigenvalue weighted by Crippen LogP contribution is 2.16. The van der Waals surface area contributed by atoms with E-state index in [-0.39, 0.29) is 17.9 Å². The van der Waals surface area contributed by atoms with Crippen molar-refractivity contribution in [3.05, 3.63) is 85.5 Å². The van der Waals surface area contributed by atoms with Crippen LogP contribution in [0.1, 0.15) is 33.6 Å². The molecule has 0 aliphatic heterocycles. The van der Waals surface area contributed by atoms with Gasteiger partial charge < -0.3 is 15.6 Å². The number of pyridine rings is 1. The summed E-state index contributed by atoms with van der Waals surface area (Å²) >= 11 is 6.06. The van der Waals surface area contributed by atoms with Gasteiger partial charge in [0.25, 0.3) is 5.56 Å². The van der Waals surface area contributed by atoms with Gasteiger partial charge in [0.2, 0.25) is 5.91 Å². The van der Waals surface area contributed by atoms with Crippen molar-refractivity contribution in [2.75, 3.05) is 0 Å². The molecule has 0 atom stereocenters. The number of carbonyl (C=O) groups is 1. The summed E-state index contributed by atoms with van der Waals surface area (Å²) in [6, 6.07) is 9.32. The van der Waals surface area contributed by atoms with Crippen LogP contribution < -0.4 is 16.6 Å². The molecular formula is C23H28ClN5O2. The van der Waals surface area contributed by atoms with Crippen molar-refractivity contribution in [3.63, 3.8) is 0 Å². The third kappa shape index (κ3) is 5.62. The van der Waals surface area contributed by atoms with Gasteiger partial charge in [-0.05, 0) is 54.8 Å². The minimum Gasteiger partial charge on any atom is -0.352 e. The van der Waals surface area contributed by atoms with Crippen LogP contribution in [0.3, 0.4) is 0 Å². The molecule has 1 amide bonds. The highest BCUT2D eigenvalue weighted by molar-refractivity contribution is 6.30. The van der Waals surface area contributed by atoms with E-state index in [1.54, 1.807) is 22.9 Å². The zero-order valence-corrected chi connectivity index (χ0v) is 18.9. The lowest BCUT2D eigenvalue weighted by molar-refractivity contribution is -0.120. The summed E-state index contributed by atoms with van der Waals surface area (Å²) in [4.78, 5) is 25.6. The maximum Gasteiger partial charge on any atom is 0.254 e. The average molecular weight is 442 g/mol. The van der Waals surface area contributed by atoms with E-state index in [4.69, 9.17) is 17.3 Å². The molecule has 8 heteroatoms. The number of carbonyl (C=O) groups excluding carboxylic acids is 1. The fourth-order valence-electron chi connectivity index (χ4n) is 3.61. The lowest BCUT2D eigenvalue weighted by atomic mass is 10.1. The number of hydrogen-bond donors (Lipinski definition) is 2. The summed E-state index contributed by atoms with van der Waals surface area (Å²) in [6.07, 6.45) is 2.49. The summed E-state index contributed by atoms with van der Waals surface area (Å²) in [5.74, 6) is -0.219. The second-order valence-electron chi connectivity index (χ2n) is 7.70. The van der Waals surface area contributed by atoms with Crippen LogP contribution in [0.5, 0.6) is 0 Å². The molecule has 0 saturated heterocycles. The Bertz CT molecular complexity index is 1150. The predicted molar refractivity (Wildman–Crippen MR) is 122 cm³/mol. The molecule has 3 N–H and O–H groups in total. The second-order valence-corrected chi connectivity index (χ2v) is 8.13. The summed E-state index contributed by atoms with van der Waals surface area (Å²) in [5, 5.41) is 7.81. The molecule has 31 heavy (non-hydrogen) atoms. The van der Waals surface area contributed by atoms with Crippen molar-refractivity contribution in [2.45, 2.75) is 46.3 Å². The van der Waals surface area contributed by atoms with E-state index in [9.17, 15) is 9.59 Å². The quantitative estimate of drug-likeness (QED) is 0.561. The molecule has 2 aromatic heterocycles. The number of rotatable bonds is 8. The summed E-state index contributed by atoms with van der Waals surface area (Å²) in [7, 11) is 1.89. The lowest BCUT2D eigenvalue weighted by Gasteiger charge is -2.12. The third-order valence-electron chi connectivity index (χ3n) is 5.41. The Kier molecular flexibility index (Phi) is 7.30. The second kappa shape index (κ2) is 9.94. The van der Waals surface area contributed by atoms with Crippen molar-refractivity contribution in [3.8, 4) is 0 Å². The van der Waals surface area contributed by atoms with E-state index in [1.165, 1.54) is 0 Å². The molecule has 1 aromatic carbocycles. The van der Waals surface area contributed by atoms with Crippen LogP contribution in [0.4, 0.5) is 0 Å². The summed E-state index contributed by atoms with van der Waals surface area (Å²) in [5.41, 5.74) is 10.7. The molecule has 3 aromatic rings. The smallest absolute Gasteiger partial charge is 0.254 e. The lowest BCUT2D eigenvalue weighted by Crippen LogP contribution is -2.31. The molecule has 0 radical (unpaired) electrons. The van der Waals surface area contributed by atoms with E-state index < -0.39 is 0 Å². The van der Waals surface area contributed by atoms with E-state index in [0.717, 1.165) is 28.1 Å². The van der Waals surface area contributed by atoms with Crippen molar-refractivity contribution >= 4 is 17.5 Å². The standard InChI is InChI=1S/C23H28ClN5O2/c1-15-6-8-29(9-7-20-10-16(2)27-28(20)3)23(31)21(15)12-22(30)26-14-18-11-19(24)5-4-17(18)13-25/h4-6,8,10-11H,7,9,12-14,25H2,1-3H3,(H,26,30). The van der Waals surface area contributed by atoms with Gasteiger partial charge in [-0.1, -0.05) is 17.7 Å². The number of hydrogen-bond acceptors (Lipinski definition) is 4. The largest absolute Gasteiger partial charge is 0.352 e. The van der Waals surface area contributed by atoms with Crippen LogP contribution in [-0.4, -0.2) is 20.3 Å². The number of aromatic nitrogens is 3. The molecule has 0 bridgehead atoms. The monoisotopic (exact) mass is 441 g/mol. The normalized spacial score (nSPS) is 11.0. The van der Waals surface area contributed by atoms with Crippen LogP contribution in [0.15, 0.2) is 41.3 Å². The first-order valence-electron chi connectivity index (χ1n) is 10.2. The van der Waals surface area contributed by atoms with Gasteiger partial charge in [0.1, 0.15) is 0 Å². The number of aryl methyl sites for hydroxylation is 5. The Balaban J connectivity index is 1.69. The van der Waals surface area contributed by atoms with E-state index in [0.29, 0.717) is 36.6 Å². The van der Waals surface area contributed by atoms with Crippen molar-refractivity contribution in [1.82, 2.24) is 19.7 Å². The minimum atomic E-state index is -0.219. The predicted octanol–water partition coefficient (Wildman–Crippen LogP) is 2.41. The molecule has 0 spiro atoms. The summed E-state index contributed by atoms with van der Waals surface area (Å²) < 4.78 is 3.48. The van der Waals surface area contributed by atoms with Crippen LogP contribution in [0, 0.1) is 13.8 Å². The zero-order chi connectivity index (χ0) is 22.5.